The van der Waals surface area contributed by atoms with Crippen molar-refractivity contribution in [1.82, 2.24) is 4.57 Å². The summed E-state index contributed by atoms with van der Waals surface area (Å²) in [5.74, 6) is 3.71. The third-order valence-electron chi connectivity index (χ3n) is 14.9. The van der Waals surface area contributed by atoms with Crippen molar-refractivity contribution in [2.24, 2.45) is 44.8 Å². The number of fused-ring (bicyclic) bond motifs is 10. The Balaban J connectivity index is 1.38. The van der Waals surface area contributed by atoms with Crippen LogP contribution in [0.4, 0.5) is 0 Å². The fourth-order valence-corrected chi connectivity index (χ4v) is 12.5. The molecular weight excluding hydrogens is 542 g/mol. The number of aromatic nitrogens is 1. The number of terminal acetylenes is 1. The summed E-state index contributed by atoms with van der Waals surface area (Å²) >= 11 is 0. The van der Waals surface area contributed by atoms with E-state index in [0.29, 0.717) is 18.2 Å². The number of rotatable bonds is 2. The Morgan fingerprint density at radius 2 is 1.73 bits per heavy atom. The van der Waals surface area contributed by atoms with Gasteiger partial charge >= 0.3 is 5.97 Å². The molecule has 3 saturated carbocycles. The number of esters is 1. The van der Waals surface area contributed by atoms with Gasteiger partial charge in [0.25, 0.3) is 0 Å². The van der Waals surface area contributed by atoms with E-state index in [1.807, 2.05) is 0 Å². The molecule has 7 rings (SSSR count). The van der Waals surface area contributed by atoms with Crippen molar-refractivity contribution in [3.05, 3.63) is 47.2 Å². The highest BCUT2D eigenvalue weighted by Gasteiger charge is 2.70. The molecule has 0 bridgehead atoms. The maximum absolute atomic E-state index is 14.9. The van der Waals surface area contributed by atoms with Crippen LogP contribution in [-0.2, 0) is 32.7 Å². The lowest BCUT2D eigenvalue weighted by atomic mass is 9.33. The molecule has 5 aliphatic rings. The zero-order valence-electron chi connectivity index (χ0n) is 28.2. The second kappa shape index (κ2) is 9.14. The molecule has 234 valence electrons. The Kier molecular flexibility index (Phi) is 6.21. The van der Waals surface area contributed by atoms with E-state index in [1.54, 1.807) is 0 Å². The second-order valence-corrected chi connectivity index (χ2v) is 17.3. The van der Waals surface area contributed by atoms with Crippen LogP contribution in [0.15, 0.2) is 35.9 Å². The standard InChI is InChI=1S/C40H51NO3/c1-10-21-41-29-14-12-11-13-25(29)26-23-38(6)31(35(2,3)33(26)41)15-16-40(8)32(38)30(42)22-27-28-24-37(5,34(43)44-9)18-17-36(28,4)19-20-39(27,40)7/h1,11-14,22,28,31-32H,15-21,23-24H2,2-9H3/t28-,31-,32+,36+,37-,38-,39+,40+/m0/s1. The molecule has 0 spiro atoms. The van der Waals surface area contributed by atoms with E-state index in [9.17, 15) is 9.59 Å². The van der Waals surface area contributed by atoms with Crippen LogP contribution in [0.5, 0.6) is 0 Å². The molecule has 3 fully saturated rings. The fourth-order valence-electron chi connectivity index (χ4n) is 12.5. The van der Waals surface area contributed by atoms with E-state index in [4.69, 9.17) is 11.2 Å². The first-order valence-corrected chi connectivity index (χ1v) is 17.0. The first kappa shape index (κ1) is 29.9. The van der Waals surface area contributed by atoms with Crippen molar-refractivity contribution in [1.29, 1.82) is 0 Å². The van der Waals surface area contributed by atoms with Crippen LogP contribution in [0.3, 0.4) is 0 Å². The lowest BCUT2D eigenvalue weighted by Crippen LogP contribution is -2.66. The molecule has 4 heteroatoms. The SMILES string of the molecule is C#CCn1c2c(c3ccccc31)C[C@]1(C)[C@H]3C(=O)C=C4[C@@H]5C[C@@](C)(C(=O)OC)CC[C@]5(C)CC[C@@]4(C)[C@]3(C)CC[C@H]1C2(C)C. The van der Waals surface area contributed by atoms with Gasteiger partial charge in [0, 0.05) is 27.9 Å². The second-order valence-electron chi connectivity index (χ2n) is 17.3. The van der Waals surface area contributed by atoms with E-state index in [1.165, 1.54) is 34.8 Å². The van der Waals surface area contributed by atoms with Gasteiger partial charge in [0.05, 0.1) is 19.1 Å². The Labute approximate surface area is 264 Å². The lowest BCUT2D eigenvalue weighted by Gasteiger charge is -2.70. The third kappa shape index (κ3) is 3.48. The van der Waals surface area contributed by atoms with Gasteiger partial charge in [0.2, 0.25) is 0 Å². The predicted octanol–water partition coefficient (Wildman–Crippen LogP) is 8.44. The van der Waals surface area contributed by atoms with E-state index in [-0.39, 0.29) is 44.9 Å². The van der Waals surface area contributed by atoms with E-state index in [0.717, 1.165) is 51.4 Å². The largest absolute Gasteiger partial charge is 0.469 e. The van der Waals surface area contributed by atoms with Crippen molar-refractivity contribution < 1.29 is 14.3 Å². The smallest absolute Gasteiger partial charge is 0.311 e. The average molecular weight is 594 g/mol. The Bertz CT molecular complexity index is 1670. The number of methoxy groups -OCH3 is 1. The minimum absolute atomic E-state index is 0.0513. The summed E-state index contributed by atoms with van der Waals surface area (Å²) in [6, 6.07) is 8.73. The summed E-state index contributed by atoms with van der Waals surface area (Å²) in [4.78, 5) is 28.0. The molecule has 0 radical (unpaired) electrons. The topological polar surface area (TPSA) is 48.3 Å². The van der Waals surface area contributed by atoms with Crippen LogP contribution in [-0.4, -0.2) is 23.4 Å². The average Bonchev–Trinajstić information content (AvgIpc) is 3.28. The number of hydrogen-bond donors (Lipinski definition) is 0. The number of ether oxygens (including phenoxy) is 1. The van der Waals surface area contributed by atoms with Gasteiger partial charge in [0.1, 0.15) is 0 Å². The molecule has 2 aromatic rings. The van der Waals surface area contributed by atoms with Crippen LogP contribution in [0.2, 0.25) is 0 Å². The van der Waals surface area contributed by atoms with Gasteiger partial charge in [-0.05, 0) is 109 Å². The highest BCUT2D eigenvalue weighted by atomic mass is 16.5. The summed E-state index contributed by atoms with van der Waals surface area (Å²) in [6.45, 7) is 17.3. The third-order valence-corrected chi connectivity index (χ3v) is 14.9. The van der Waals surface area contributed by atoms with Gasteiger partial charge in [0.15, 0.2) is 5.78 Å². The molecule has 44 heavy (non-hydrogen) atoms. The Hall–Kier alpha value is -2.80. The molecule has 1 aromatic heterocycles. The van der Waals surface area contributed by atoms with Crippen molar-refractivity contribution in [3.8, 4) is 12.3 Å². The maximum Gasteiger partial charge on any atom is 0.311 e. The van der Waals surface area contributed by atoms with E-state index < -0.39 is 5.41 Å². The molecule has 0 amide bonds. The zero-order valence-corrected chi connectivity index (χ0v) is 28.2. The molecule has 5 aliphatic carbocycles. The molecule has 0 N–H and O–H groups in total. The van der Waals surface area contributed by atoms with E-state index >= 15 is 0 Å². The van der Waals surface area contributed by atoms with Gasteiger partial charge in [-0.3, -0.25) is 9.59 Å². The minimum atomic E-state index is -0.501. The number of allylic oxidation sites excluding steroid dienone is 2. The minimum Gasteiger partial charge on any atom is -0.469 e. The predicted molar refractivity (Wildman–Crippen MR) is 176 cm³/mol. The monoisotopic (exact) mass is 593 g/mol. The first-order chi connectivity index (χ1) is 20.6. The molecule has 0 saturated heterocycles. The van der Waals surface area contributed by atoms with Crippen molar-refractivity contribution >= 4 is 22.7 Å². The highest BCUT2D eigenvalue weighted by molar-refractivity contribution is 5.96. The first-order valence-electron chi connectivity index (χ1n) is 17.0. The lowest BCUT2D eigenvalue weighted by molar-refractivity contribution is -0.174. The summed E-state index contributed by atoms with van der Waals surface area (Å²) < 4.78 is 7.72. The van der Waals surface area contributed by atoms with Crippen LogP contribution >= 0.6 is 0 Å². The molecule has 1 heterocycles. The number of para-hydroxylation sites is 1. The van der Waals surface area contributed by atoms with Gasteiger partial charge in [-0.15, -0.1) is 6.42 Å². The van der Waals surface area contributed by atoms with Crippen molar-refractivity contribution in [2.75, 3.05) is 7.11 Å². The molecule has 0 unspecified atom stereocenters. The highest BCUT2D eigenvalue weighted by Crippen LogP contribution is 2.75. The van der Waals surface area contributed by atoms with Crippen LogP contribution in [0, 0.1) is 57.2 Å². The number of benzene rings is 1. The normalized spacial score (nSPS) is 42.1. The van der Waals surface area contributed by atoms with Crippen molar-refractivity contribution in [3.63, 3.8) is 0 Å². The van der Waals surface area contributed by atoms with Gasteiger partial charge in [-0.1, -0.05) is 71.2 Å². The van der Waals surface area contributed by atoms with Gasteiger partial charge in [-0.25, -0.2) is 0 Å². The molecule has 0 aliphatic heterocycles. The number of ketones is 1. The van der Waals surface area contributed by atoms with E-state index in [2.05, 4.69) is 89.3 Å². The summed E-state index contributed by atoms with van der Waals surface area (Å²) in [5.41, 5.74) is 4.42. The van der Waals surface area contributed by atoms with Crippen LogP contribution in [0.25, 0.3) is 10.9 Å². The molecule has 8 atom stereocenters. The van der Waals surface area contributed by atoms with Gasteiger partial charge in [-0.2, -0.15) is 0 Å². The summed E-state index contributed by atoms with van der Waals surface area (Å²) in [7, 11) is 1.52. The fraction of sp³-hybridized carbons (Fsp3) is 0.650. The zero-order chi connectivity index (χ0) is 31.7. The summed E-state index contributed by atoms with van der Waals surface area (Å²) in [6.07, 6.45) is 16.0. The number of hydrogen-bond acceptors (Lipinski definition) is 3. The molecule has 4 nitrogen and oxygen atoms in total. The summed E-state index contributed by atoms with van der Waals surface area (Å²) in [5, 5.41) is 1.29. The quantitative estimate of drug-likeness (QED) is 0.259. The molecule has 1 aromatic carbocycles. The Morgan fingerprint density at radius 1 is 1.02 bits per heavy atom. The number of carbonyl (C=O) groups is 2. The van der Waals surface area contributed by atoms with Gasteiger partial charge < -0.3 is 9.30 Å². The molecular formula is C40H51NO3. The number of carbonyl (C=O) groups excluding carboxylic acids is 2. The van der Waals surface area contributed by atoms with Crippen LogP contribution in [0.1, 0.15) is 105 Å². The number of nitrogens with zero attached hydrogens (tertiary/aromatic N) is 1. The Morgan fingerprint density at radius 3 is 2.43 bits per heavy atom. The maximum atomic E-state index is 14.9. The van der Waals surface area contributed by atoms with Crippen molar-refractivity contribution in [2.45, 2.75) is 112 Å². The van der Waals surface area contributed by atoms with Crippen LogP contribution < -0.4 is 0 Å².